The Morgan fingerprint density at radius 2 is 1.84 bits per heavy atom. The van der Waals surface area contributed by atoms with Gasteiger partial charge in [0.25, 0.3) is 5.91 Å². The van der Waals surface area contributed by atoms with Gasteiger partial charge in [0.2, 0.25) is 0 Å². The molecular weight excluding hydrogens is 549 g/mol. The second-order valence-corrected chi connectivity index (χ2v) is 12.5. The van der Waals surface area contributed by atoms with Crippen molar-refractivity contribution in [2.45, 2.75) is 91.1 Å². The lowest BCUT2D eigenvalue weighted by atomic mass is 10.0. The van der Waals surface area contributed by atoms with Crippen LogP contribution in [-0.4, -0.2) is 70.9 Å². The van der Waals surface area contributed by atoms with E-state index in [4.69, 9.17) is 14.2 Å². The molecule has 0 bridgehead atoms. The summed E-state index contributed by atoms with van der Waals surface area (Å²) < 4.78 is 34.0. The first kappa shape index (κ1) is 32.3. The molecule has 1 aliphatic rings. The highest BCUT2D eigenvalue weighted by Crippen LogP contribution is 2.37. The minimum Gasteiger partial charge on any atom is -0.486 e. The van der Waals surface area contributed by atoms with E-state index in [1.807, 2.05) is 74.4 Å². The molecule has 8 nitrogen and oxygen atoms in total. The number of unbranched alkanes of at least 4 members (excludes halogenated alkanes) is 1. The molecule has 0 saturated carbocycles. The van der Waals surface area contributed by atoms with E-state index in [-0.39, 0.29) is 30.7 Å². The lowest BCUT2D eigenvalue weighted by Crippen LogP contribution is -2.54. The van der Waals surface area contributed by atoms with Gasteiger partial charge in [0, 0.05) is 44.8 Å². The summed E-state index contributed by atoms with van der Waals surface area (Å²) in [6.07, 6.45) is 2.72. The number of aryl methyl sites for hydroxylation is 1. The fraction of sp³-hybridized carbons (Fsp3) is 0.529. The Morgan fingerprint density at radius 1 is 1.09 bits per heavy atom. The van der Waals surface area contributed by atoms with E-state index in [1.54, 1.807) is 18.1 Å². The zero-order valence-electron chi connectivity index (χ0n) is 26.4. The SMILES string of the molecule is COCCCCn1c(C(=O)N(C(C)C)[C@@H]2CCCN(C(=O)OC(C)(C)C)C2)c(OCc2ccccc2)c2cc(F)ccc21. The molecule has 0 spiro atoms. The molecule has 1 saturated heterocycles. The summed E-state index contributed by atoms with van der Waals surface area (Å²) in [5, 5.41) is 0.564. The van der Waals surface area contributed by atoms with E-state index < -0.39 is 11.4 Å². The van der Waals surface area contributed by atoms with E-state index in [9.17, 15) is 14.0 Å². The van der Waals surface area contributed by atoms with Gasteiger partial charge in [0.15, 0.2) is 11.4 Å². The van der Waals surface area contributed by atoms with Gasteiger partial charge in [-0.3, -0.25) is 4.79 Å². The monoisotopic (exact) mass is 595 g/mol. The number of rotatable bonds is 11. The number of amides is 2. The fourth-order valence-corrected chi connectivity index (χ4v) is 5.75. The molecule has 2 heterocycles. The standard InChI is InChI=1S/C34H46FN3O5/c1-24(2)38(27-15-12-18-36(22-27)33(40)43-34(3,4)5)32(39)30-31(42-23-25-13-8-7-9-14-25)28-21-26(35)16-17-29(28)37(30)19-10-11-20-41-6/h7-9,13-14,16-17,21,24,27H,10-12,15,18-20,22-23H2,1-6H3/t27-/m1/s1. The van der Waals surface area contributed by atoms with Crippen LogP contribution in [0.1, 0.15) is 76.4 Å². The van der Waals surface area contributed by atoms with Gasteiger partial charge in [0.1, 0.15) is 18.0 Å². The largest absolute Gasteiger partial charge is 0.486 e. The molecule has 0 unspecified atom stereocenters. The summed E-state index contributed by atoms with van der Waals surface area (Å²) in [5.41, 5.74) is 1.48. The van der Waals surface area contributed by atoms with Crippen LogP contribution in [0.15, 0.2) is 48.5 Å². The third-order valence-corrected chi connectivity index (χ3v) is 7.62. The molecule has 2 amide bonds. The Kier molecular flexibility index (Phi) is 10.7. The Labute approximate surface area is 254 Å². The number of fused-ring (bicyclic) bond motifs is 1. The maximum absolute atomic E-state index is 14.8. The van der Waals surface area contributed by atoms with Gasteiger partial charge in [-0.05, 0) is 84.1 Å². The number of halogens is 1. The molecule has 0 N–H and O–H groups in total. The Morgan fingerprint density at radius 3 is 2.51 bits per heavy atom. The average Bonchev–Trinajstić information content (AvgIpc) is 3.26. The number of aromatic nitrogens is 1. The van der Waals surface area contributed by atoms with E-state index in [1.165, 1.54) is 12.1 Å². The van der Waals surface area contributed by atoms with Crippen LogP contribution in [0.2, 0.25) is 0 Å². The van der Waals surface area contributed by atoms with Gasteiger partial charge >= 0.3 is 6.09 Å². The normalized spacial score (nSPS) is 15.6. The molecule has 1 aromatic heterocycles. The molecule has 3 aromatic rings. The summed E-state index contributed by atoms with van der Waals surface area (Å²) in [6.45, 7) is 11.9. The van der Waals surface area contributed by atoms with Crippen molar-refractivity contribution in [3.05, 3.63) is 65.6 Å². The molecule has 1 fully saturated rings. The smallest absolute Gasteiger partial charge is 0.410 e. The summed E-state index contributed by atoms with van der Waals surface area (Å²) in [5.74, 6) is -0.216. The predicted octanol–water partition coefficient (Wildman–Crippen LogP) is 7.04. The second kappa shape index (κ2) is 14.3. The molecule has 2 aromatic carbocycles. The van der Waals surface area contributed by atoms with Crippen LogP contribution >= 0.6 is 0 Å². The van der Waals surface area contributed by atoms with Crippen LogP contribution in [0.5, 0.6) is 5.75 Å². The highest BCUT2D eigenvalue weighted by Gasteiger charge is 2.37. The topological polar surface area (TPSA) is 73.2 Å². The van der Waals surface area contributed by atoms with Gasteiger partial charge < -0.3 is 28.6 Å². The number of likely N-dealkylation sites (tertiary alicyclic amines) is 1. The average molecular weight is 596 g/mol. The Balaban J connectivity index is 1.75. The van der Waals surface area contributed by atoms with E-state index in [0.717, 1.165) is 36.8 Å². The van der Waals surface area contributed by atoms with Crippen LogP contribution in [-0.2, 0) is 22.6 Å². The highest BCUT2D eigenvalue weighted by molar-refractivity contribution is 6.04. The first-order valence-electron chi connectivity index (χ1n) is 15.3. The summed E-state index contributed by atoms with van der Waals surface area (Å²) in [7, 11) is 1.67. The lowest BCUT2D eigenvalue weighted by Gasteiger charge is -2.41. The molecule has 1 atom stereocenters. The van der Waals surface area contributed by atoms with E-state index >= 15 is 0 Å². The third kappa shape index (κ3) is 8.07. The number of carbonyl (C=O) groups excluding carboxylic acids is 2. The highest BCUT2D eigenvalue weighted by atomic mass is 19.1. The number of hydrogen-bond acceptors (Lipinski definition) is 5. The van der Waals surface area contributed by atoms with Crippen molar-refractivity contribution < 1.29 is 28.2 Å². The third-order valence-electron chi connectivity index (χ3n) is 7.62. The van der Waals surface area contributed by atoms with Crippen molar-refractivity contribution in [3.8, 4) is 5.75 Å². The predicted molar refractivity (Wildman–Crippen MR) is 166 cm³/mol. The number of methoxy groups -OCH3 is 1. The summed E-state index contributed by atoms with van der Waals surface area (Å²) >= 11 is 0. The lowest BCUT2D eigenvalue weighted by molar-refractivity contribution is 0.00725. The van der Waals surface area contributed by atoms with Gasteiger partial charge in [-0.15, -0.1) is 0 Å². The second-order valence-electron chi connectivity index (χ2n) is 12.5. The number of benzene rings is 2. The van der Waals surface area contributed by atoms with Crippen LogP contribution in [0.3, 0.4) is 0 Å². The quantitative estimate of drug-likeness (QED) is 0.223. The Bertz CT molecular complexity index is 1380. The summed E-state index contributed by atoms with van der Waals surface area (Å²) in [4.78, 5) is 31.3. The molecule has 9 heteroatoms. The first-order chi connectivity index (χ1) is 20.5. The number of hydrogen-bond donors (Lipinski definition) is 0. The van der Waals surface area contributed by atoms with Gasteiger partial charge in [0.05, 0.1) is 11.6 Å². The molecule has 43 heavy (non-hydrogen) atoms. The number of ether oxygens (including phenoxy) is 3. The molecule has 0 radical (unpaired) electrons. The van der Waals surface area contributed by atoms with E-state index in [2.05, 4.69) is 0 Å². The molecule has 4 rings (SSSR count). The van der Waals surface area contributed by atoms with Crippen LogP contribution in [0.25, 0.3) is 10.9 Å². The zero-order valence-corrected chi connectivity index (χ0v) is 26.4. The van der Waals surface area contributed by atoms with Gasteiger partial charge in [-0.25, -0.2) is 9.18 Å². The molecular formula is C34H46FN3O5. The fourth-order valence-electron chi connectivity index (χ4n) is 5.75. The van der Waals surface area contributed by atoms with Crippen LogP contribution in [0, 0.1) is 5.82 Å². The van der Waals surface area contributed by atoms with Gasteiger partial charge in [-0.1, -0.05) is 30.3 Å². The zero-order chi connectivity index (χ0) is 31.1. The van der Waals surface area contributed by atoms with Gasteiger partial charge in [-0.2, -0.15) is 0 Å². The van der Waals surface area contributed by atoms with Crippen LogP contribution < -0.4 is 4.74 Å². The minimum absolute atomic E-state index is 0.158. The van der Waals surface area contributed by atoms with Crippen molar-refractivity contribution in [1.82, 2.24) is 14.4 Å². The number of piperidine rings is 1. The Hall–Kier alpha value is -3.59. The first-order valence-corrected chi connectivity index (χ1v) is 15.3. The maximum Gasteiger partial charge on any atom is 0.410 e. The van der Waals surface area contributed by atoms with Crippen molar-refractivity contribution in [3.63, 3.8) is 0 Å². The summed E-state index contributed by atoms with van der Waals surface area (Å²) in [6, 6.07) is 13.9. The van der Waals surface area contributed by atoms with Crippen molar-refractivity contribution in [1.29, 1.82) is 0 Å². The minimum atomic E-state index is -0.610. The molecule has 0 aliphatic carbocycles. The van der Waals surface area contributed by atoms with Crippen molar-refractivity contribution in [2.24, 2.45) is 0 Å². The van der Waals surface area contributed by atoms with Crippen molar-refractivity contribution >= 4 is 22.9 Å². The molecule has 234 valence electrons. The molecule has 1 aliphatic heterocycles. The van der Waals surface area contributed by atoms with Crippen LogP contribution in [0.4, 0.5) is 9.18 Å². The number of nitrogens with zero attached hydrogens (tertiary/aromatic N) is 3. The van der Waals surface area contributed by atoms with Crippen molar-refractivity contribution in [2.75, 3.05) is 26.8 Å². The maximum atomic E-state index is 14.8. The number of carbonyl (C=O) groups is 2. The van der Waals surface area contributed by atoms with E-state index in [0.29, 0.717) is 43.1 Å².